The highest BCUT2D eigenvalue weighted by Gasteiger charge is 2.22. The number of pyridine rings is 1. The van der Waals surface area contributed by atoms with Crippen LogP contribution in [-0.4, -0.2) is 17.8 Å². The highest BCUT2D eigenvalue weighted by atomic mass is 35.5. The van der Waals surface area contributed by atoms with Crippen LogP contribution in [0.15, 0.2) is 23.0 Å². The Kier molecular flexibility index (Phi) is 9.90. The molecule has 0 spiro atoms. The van der Waals surface area contributed by atoms with Crippen LogP contribution >= 0.6 is 12.4 Å². The van der Waals surface area contributed by atoms with Crippen LogP contribution in [0.25, 0.3) is 10.8 Å². The SMILES string of the molecule is CCCCOc1c(CN)n(CC(C)(C)C)c(=O)c2ccc(OCC3CCCCC3)cc12.Cl. The average Bonchev–Trinajstić information content (AvgIpc) is 2.75. The number of fused-ring (bicyclic) bond motifs is 1. The lowest BCUT2D eigenvalue weighted by Gasteiger charge is -2.25. The van der Waals surface area contributed by atoms with Crippen LogP contribution in [0.1, 0.15) is 78.3 Å². The molecule has 0 radical (unpaired) electrons. The van der Waals surface area contributed by atoms with Crippen molar-refractivity contribution in [1.29, 1.82) is 0 Å². The summed E-state index contributed by atoms with van der Waals surface area (Å²) in [5.41, 5.74) is 6.87. The molecule has 1 aromatic heterocycles. The first-order valence-electron chi connectivity index (χ1n) is 12.0. The highest BCUT2D eigenvalue weighted by Crippen LogP contribution is 2.33. The number of halogens is 1. The summed E-state index contributed by atoms with van der Waals surface area (Å²) in [5.74, 6) is 2.16. The predicted molar refractivity (Wildman–Crippen MR) is 135 cm³/mol. The molecule has 6 heteroatoms. The summed E-state index contributed by atoms with van der Waals surface area (Å²) in [6.07, 6.45) is 8.44. The van der Waals surface area contributed by atoms with Gasteiger partial charge in [0.05, 0.1) is 24.3 Å². The number of ether oxygens (including phenoxy) is 2. The minimum Gasteiger partial charge on any atom is -0.493 e. The van der Waals surface area contributed by atoms with E-state index in [0.717, 1.165) is 42.0 Å². The number of hydrogen-bond donors (Lipinski definition) is 1. The molecule has 0 bridgehead atoms. The first-order valence-corrected chi connectivity index (χ1v) is 12.0. The van der Waals surface area contributed by atoms with E-state index in [0.29, 0.717) is 24.5 Å². The van der Waals surface area contributed by atoms with Crippen molar-refractivity contribution in [2.75, 3.05) is 13.2 Å². The van der Waals surface area contributed by atoms with Gasteiger partial charge in [-0.25, -0.2) is 0 Å². The van der Waals surface area contributed by atoms with Crippen molar-refractivity contribution in [1.82, 2.24) is 4.57 Å². The van der Waals surface area contributed by atoms with Crippen LogP contribution in [-0.2, 0) is 13.1 Å². The van der Waals surface area contributed by atoms with Gasteiger partial charge in [0, 0.05) is 18.5 Å². The molecule has 1 aliphatic rings. The van der Waals surface area contributed by atoms with Crippen molar-refractivity contribution >= 4 is 23.2 Å². The topological polar surface area (TPSA) is 66.5 Å². The van der Waals surface area contributed by atoms with Gasteiger partial charge < -0.3 is 19.8 Å². The van der Waals surface area contributed by atoms with Crippen molar-refractivity contribution in [2.45, 2.75) is 85.7 Å². The number of rotatable bonds is 9. The molecule has 1 aromatic carbocycles. The fourth-order valence-corrected chi connectivity index (χ4v) is 4.43. The maximum absolute atomic E-state index is 13.4. The molecular formula is C26H41ClN2O3. The molecule has 1 heterocycles. The third-order valence-corrected chi connectivity index (χ3v) is 6.08. The van der Waals surface area contributed by atoms with E-state index in [1.54, 1.807) is 0 Å². The zero-order valence-corrected chi connectivity index (χ0v) is 21.1. The largest absolute Gasteiger partial charge is 0.493 e. The summed E-state index contributed by atoms with van der Waals surface area (Å²) >= 11 is 0. The van der Waals surface area contributed by atoms with Gasteiger partial charge in [0.1, 0.15) is 11.5 Å². The number of nitrogens with two attached hydrogens (primary N) is 1. The normalized spacial score (nSPS) is 14.9. The van der Waals surface area contributed by atoms with Gasteiger partial charge in [-0.3, -0.25) is 4.79 Å². The Morgan fingerprint density at radius 2 is 1.81 bits per heavy atom. The summed E-state index contributed by atoms with van der Waals surface area (Å²) in [7, 11) is 0. The Morgan fingerprint density at radius 1 is 1.09 bits per heavy atom. The molecule has 1 fully saturated rings. The predicted octanol–water partition coefficient (Wildman–Crippen LogP) is 6.07. The Bertz CT molecular complexity index is 927. The lowest BCUT2D eigenvalue weighted by atomic mass is 9.90. The summed E-state index contributed by atoms with van der Waals surface area (Å²) in [6, 6.07) is 5.79. The zero-order valence-electron chi connectivity index (χ0n) is 20.2. The third kappa shape index (κ3) is 6.64. The minimum absolute atomic E-state index is 0. The van der Waals surface area contributed by atoms with Gasteiger partial charge in [-0.2, -0.15) is 0 Å². The van der Waals surface area contributed by atoms with Crippen molar-refractivity contribution in [3.8, 4) is 11.5 Å². The van der Waals surface area contributed by atoms with Gasteiger partial charge in [-0.05, 0) is 48.8 Å². The van der Waals surface area contributed by atoms with E-state index in [-0.39, 0.29) is 29.9 Å². The molecule has 0 atom stereocenters. The standard InChI is InChI=1S/C26H40N2O3.ClH/c1-5-6-14-30-24-22-15-20(31-17-19-10-8-7-9-11-19)12-13-21(22)25(29)28(23(24)16-27)18-26(2,3)4;/h12-13,15,19H,5-11,14,16-18,27H2,1-4H3;1H. The molecule has 1 aliphatic carbocycles. The second-order valence-corrected chi connectivity index (χ2v) is 10.2. The number of aromatic nitrogens is 1. The van der Waals surface area contributed by atoms with E-state index < -0.39 is 0 Å². The first-order chi connectivity index (χ1) is 14.8. The quantitative estimate of drug-likeness (QED) is 0.457. The molecule has 32 heavy (non-hydrogen) atoms. The highest BCUT2D eigenvalue weighted by molar-refractivity contribution is 5.89. The summed E-state index contributed by atoms with van der Waals surface area (Å²) < 4.78 is 14.2. The molecule has 180 valence electrons. The Morgan fingerprint density at radius 3 is 2.44 bits per heavy atom. The molecular weight excluding hydrogens is 424 g/mol. The second-order valence-electron chi connectivity index (χ2n) is 10.2. The Labute approximate surface area is 199 Å². The maximum atomic E-state index is 13.4. The molecule has 0 aliphatic heterocycles. The molecule has 0 unspecified atom stereocenters. The van der Waals surface area contributed by atoms with Crippen molar-refractivity contribution < 1.29 is 9.47 Å². The third-order valence-electron chi connectivity index (χ3n) is 6.08. The smallest absolute Gasteiger partial charge is 0.258 e. The minimum atomic E-state index is -0.0504. The van der Waals surface area contributed by atoms with E-state index in [2.05, 4.69) is 27.7 Å². The summed E-state index contributed by atoms with van der Waals surface area (Å²) in [6.45, 7) is 10.7. The van der Waals surface area contributed by atoms with Gasteiger partial charge >= 0.3 is 0 Å². The molecule has 0 amide bonds. The lowest BCUT2D eigenvalue weighted by Crippen LogP contribution is -2.31. The number of unbranched alkanes of at least 4 members (excludes halogenated alkanes) is 1. The number of hydrogen-bond acceptors (Lipinski definition) is 4. The molecule has 3 rings (SSSR count). The first kappa shape index (κ1) is 26.5. The molecule has 5 nitrogen and oxygen atoms in total. The van der Waals surface area contributed by atoms with Crippen LogP contribution in [0.5, 0.6) is 11.5 Å². The van der Waals surface area contributed by atoms with E-state index in [1.165, 1.54) is 32.1 Å². The van der Waals surface area contributed by atoms with Crippen LogP contribution in [0.2, 0.25) is 0 Å². The van der Waals surface area contributed by atoms with Crippen LogP contribution in [0, 0.1) is 11.3 Å². The molecule has 2 aromatic rings. The fourth-order valence-electron chi connectivity index (χ4n) is 4.43. The summed E-state index contributed by atoms with van der Waals surface area (Å²) in [5, 5.41) is 1.48. The van der Waals surface area contributed by atoms with E-state index in [1.807, 2.05) is 22.8 Å². The summed E-state index contributed by atoms with van der Waals surface area (Å²) in [4.78, 5) is 13.4. The van der Waals surface area contributed by atoms with Gasteiger partial charge in [0.2, 0.25) is 0 Å². The van der Waals surface area contributed by atoms with Gasteiger partial charge in [0.25, 0.3) is 5.56 Å². The van der Waals surface area contributed by atoms with Crippen molar-refractivity contribution in [2.24, 2.45) is 17.1 Å². The van der Waals surface area contributed by atoms with Gasteiger partial charge in [0.15, 0.2) is 0 Å². The van der Waals surface area contributed by atoms with Crippen molar-refractivity contribution in [3.63, 3.8) is 0 Å². The van der Waals surface area contributed by atoms with E-state index in [4.69, 9.17) is 15.2 Å². The van der Waals surface area contributed by atoms with E-state index >= 15 is 0 Å². The number of benzene rings is 1. The van der Waals surface area contributed by atoms with E-state index in [9.17, 15) is 4.79 Å². The Hall–Kier alpha value is -1.72. The lowest BCUT2D eigenvalue weighted by molar-refractivity contribution is 0.209. The second kappa shape index (κ2) is 11.9. The van der Waals surface area contributed by atoms with Gasteiger partial charge in [-0.1, -0.05) is 53.4 Å². The Balaban J connectivity index is 0.00000363. The van der Waals surface area contributed by atoms with Crippen molar-refractivity contribution in [3.05, 3.63) is 34.2 Å². The maximum Gasteiger partial charge on any atom is 0.258 e. The van der Waals surface area contributed by atoms with Crippen LogP contribution in [0.3, 0.4) is 0 Å². The molecule has 1 saturated carbocycles. The van der Waals surface area contributed by atoms with Gasteiger partial charge in [-0.15, -0.1) is 12.4 Å². The molecule has 0 saturated heterocycles. The fraction of sp³-hybridized carbons (Fsp3) is 0.654. The molecule has 2 N–H and O–H groups in total. The average molecular weight is 465 g/mol. The monoisotopic (exact) mass is 464 g/mol. The zero-order chi connectivity index (χ0) is 22.4. The number of nitrogens with zero attached hydrogens (tertiary/aromatic N) is 1. The van der Waals surface area contributed by atoms with Crippen LogP contribution in [0.4, 0.5) is 0 Å². The van der Waals surface area contributed by atoms with Crippen LogP contribution < -0.4 is 20.8 Å².